The first kappa shape index (κ1) is 31.8. The molecule has 1 saturated heterocycles. The van der Waals surface area contributed by atoms with Crippen molar-refractivity contribution in [3.8, 4) is 17.3 Å². The quantitative estimate of drug-likeness (QED) is 0.290. The number of nitriles is 1. The minimum absolute atomic E-state index is 0.0392. The van der Waals surface area contributed by atoms with E-state index in [1.54, 1.807) is 6.20 Å². The molecule has 1 amide bonds. The molecule has 0 spiro atoms. The molecule has 1 aliphatic rings. The number of fused-ring (bicyclic) bond motifs is 1. The summed E-state index contributed by atoms with van der Waals surface area (Å²) in [5, 5.41) is 16.1. The average molecular weight is 561 g/mol. The van der Waals surface area contributed by atoms with Gasteiger partial charge in [0, 0.05) is 31.0 Å². The van der Waals surface area contributed by atoms with E-state index in [1.165, 1.54) is 25.9 Å². The number of amides is 1. The van der Waals surface area contributed by atoms with E-state index in [0.717, 1.165) is 62.3 Å². The first-order chi connectivity index (χ1) is 19.8. The van der Waals surface area contributed by atoms with Crippen LogP contribution in [0.2, 0.25) is 0 Å². The predicted octanol–water partition coefficient (Wildman–Crippen LogP) is 5.53. The molecule has 0 saturated carbocycles. The Morgan fingerprint density at radius 1 is 1.10 bits per heavy atom. The first-order valence-corrected chi connectivity index (χ1v) is 14.7. The third kappa shape index (κ3) is 9.12. The van der Waals surface area contributed by atoms with Crippen molar-refractivity contribution in [2.24, 2.45) is 11.8 Å². The minimum atomic E-state index is -0.250. The van der Waals surface area contributed by atoms with E-state index >= 15 is 0 Å². The van der Waals surface area contributed by atoms with Gasteiger partial charge in [0.15, 0.2) is 0 Å². The lowest BCUT2D eigenvalue weighted by Crippen LogP contribution is -2.34. The summed E-state index contributed by atoms with van der Waals surface area (Å²) in [5.74, 6) is 1.72. The molecular weight excluding hydrogens is 516 g/mol. The van der Waals surface area contributed by atoms with E-state index in [0.29, 0.717) is 28.7 Å². The summed E-state index contributed by atoms with van der Waals surface area (Å²) in [5.41, 5.74) is 4.15. The van der Waals surface area contributed by atoms with E-state index < -0.39 is 0 Å². The van der Waals surface area contributed by atoms with E-state index in [1.807, 2.05) is 39.8 Å². The van der Waals surface area contributed by atoms with Gasteiger partial charge >= 0.3 is 0 Å². The van der Waals surface area contributed by atoms with Crippen LogP contribution < -0.4 is 0 Å². The number of carbonyl (C=O) groups is 2. The third-order valence-corrected chi connectivity index (χ3v) is 7.44. The van der Waals surface area contributed by atoms with E-state index in [-0.39, 0.29) is 12.4 Å². The van der Waals surface area contributed by atoms with Crippen LogP contribution in [0, 0.1) is 23.2 Å². The van der Waals surface area contributed by atoms with Crippen LogP contribution in [-0.4, -0.2) is 74.4 Å². The maximum Gasteiger partial charge on any atom is 0.290 e. The fourth-order valence-electron chi connectivity index (χ4n) is 5.06. The zero-order valence-corrected chi connectivity index (χ0v) is 24.9. The van der Waals surface area contributed by atoms with Crippen molar-refractivity contribution < 1.29 is 14.7 Å². The highest BCUT2D eigenvalue weighted by Gasteiger charge is 2.21. The molecule has 1 N–H and O–H groups in total. The van der Waals surface area contributed by atoms with Gasteiger partial charge in [0.05, 0.1) is 28.6 Å². The van der Waals surface area contributed by atoms with E-state index in [2.05, 4.69) is 43.6 Å². The number of likely N-dealkylation sites (tertiary alicyclic amines) is 1. The lowest BCUT2D eigenvalue weighted by molar-refractivity contribution is -0.122. The second-order valence-corrected chi connectivity index (χ2v) is 11.5. The Morgan fingerprint density at radius 3 is 2.27 bits per heavy atom. The van der Waals surface area contributed by atoms with E-state index in [9.17, 15) is 10.1 Å². The smallest absolute Gasteiger partial charge is 0.290 e. The number of hydrogen-bond acceptors (Lipinski definition) is 6. The van der Waals surface area contributed by atoms with Crippen LogP contribution in [0.15, 0.2) is 36.7 Å². The van der Waals surface area contributed by atoms with Gasteiger partial charge in [0.2, 0.25) is 5.78 Å². The van der Waals surface area contributed by atoms with Crippen LogP contribution in [-0.2, 0) is 11.2 Å². The van der Waals surface area contributed by atoms with Gasteiger partial charge in [-0.3, -0.25) is 14.0 Å². The number of carbonyl (C=O) groups excluding carboxylic acids is 1. The Balaban J connectivity index is 0.00000147. The van der Waals surface area contributed by atoms with Crippen molar-refractivity contribution in [3.63, 3.8) is 0 Å². The second-order valence-electron chi connectivity index (χ2n) is 11.5. The van der Waals surface area contributed by atoms with Crippen LogP contribution in [0.4, 0.5) is 0 Å². The highest BCUT2D eigenvalue weighted by molar-refractivity contribution is 5.94. The monoisotopic (exact) mass is 560 g/mol. The molecule has 9 nitrogen and oxygen atoms in total. The Bertz CT molecular complexity index is 1290. The molecule has 0 unspecified atom stereocenters. The Kier molecular flexibility index (Phi) is 12.3. The topological polar surface area (TPSA) is 115 Å². The van der Waals surface area contributed by atoms with Crippen molar-refractivity contribution in [1.29, 1.82) is 5.26 Å². The molecule has 41 heavy (non-hydrogen) atoms. The Labute approximate surface area is 243 Å². The molecule has 0 atom stereocenters. The third-order valence-electron chi connectivity index (χ3n) is 7.44. The summed E-state index contributed by atoms with van der Waals surface area (Å²) in [6, 6.07) is 9.76. The molecule has 9 heteroatoms. The molecule has 1 aromatic carbocycles. The van der Waals surface area contributed by atoms with Crippen LogP contribution in [0.25, 0.3) is 17.0 Å². The summed E-state index contributed by atoms with van der Waals surface area (Å²) in [6.07, 6.45) is 10.0. The summed E-state index contributed by atoms with van der Waals surface area (Å²) in [6.45, 7) is 13.5. The standard InChI is InChI=1S/C31H42N6O.CH2O2/c1-23(2)13-18-36(19-14-24(3)4)30(38)27-21-33-31-34-29(26-11-9-25(20-32)10-12-26)28(37(31)22-27)8-7-17-35-15-5-6-16-35;2-1-3/h9-12,21-24H,5-8,13-19H2,1-4H3;1H,(H,2,3). The highest BCUT2D eigenvalue weighted by atomic mass is 16.3. The SMILES string of the molecule is CC(C)CCN(CCC(C)C)C(=O)c1cnc2nc(-c3ccc(C#N)cc3)c(CCCN3CCCC3)n2c1.O=CO. The van der Waals surface area contributed by atoms with Gasteiger partial charge in [-0.25, -0.2) is 9.97 Å². The summed E-state index contributed by atoms with van der Waals surface area (Å²) in [7, 11) is 0. The van der Waals surface area contributed by atoms with Crippen molar-refractivity contribution in [3.05, 3.63) is 53.5 Å². The maximum absolute atomic E-state index is 13.7. The molecule has 220 valence electrons. The number of rotatable bonds is 12. The molecule has 0 bridgehead atoms. The summed E-state index contributed by atoms with van der Waals surface area (Å²) in [4.78, 5) is 36.1. The van der Waals surface area contributed by atoms with Gasteiger partial charge in [0.1, 0.15) is 0 Å². The van der Waals surface area contributed by atoms with Crippen LogP contribution in [0.1, 0.15) is 81.4 Å². The maximum atomic E-state index is 13.7. The van der Waals surface area contributed by atoms with Crippen LogP contribution in [0.3, 0.4) is 0 Å². The zero-order chi connectivity index (χ0) is 29.8. The Hall–Kier alpha value is -3.77. The minimum Gasteiger partial charge on any atom is -0.483 e. The van der Waals surface area contributed by atoms with Crippen molar-refractivity contribution in [2.45, 2.75) is 66.2 Å². The molecule has 2 aromatic heterocycles. The van der Waals surface area contributed by atoms with Gasteiger partial charge in [-0.2, -0.15) is 5.26 Å². The predicted molar refractivity (Wildman–Crippen MR) is 161 cm³/mol. The van der Waals surface area contributed by atoms with Crippen molar-refractivity contribution >= 4 is 18.2 Å². The lowest BCUT2D eigenvalue weighted by atomic mass is 10.1. The van der Waals surface area contributed by atoms with Crippen molar-refractivity contribution in [1.82, 2.24) is 24.2 Å². The van der Waals surface area contributed by atoms with Crippen LogP contribution >= 0.6 is 0 Å². The molecule has 3 aromatic rings. The molecular formula is C32H44N6O3. The molecule has 0 radical (unpaired) electrons. The second kappa shape index (κ2) is 15.9. The van der Waals surface area contributed by atoms with Gasteiger partial charge in [0.25, 0.3) is 12.4 Å². The number of imidazole rings is 1. The van der Waals surface area contributed by atoms with E-state index in [4.69, 9.17) is 14.9 Å². The van der Waals surface area contributed by atoms with Gasteiger partial charge in [-0.05, 0) is 82.1 Å². The van der Waals surface area contributed by atoms with Crippen LogP contribution in [0.5, 0.6) is 0 Å². The lowest BCUT2D eigenvalue weighted by Gasteiger charge is -2.24. The largest absolute Gasteiger partial charge is 0.483 e. The number of aryl methyl sites for hydroxylation is 1. The van der Waals surface area contributed by atoms with Gasteiger partial charge in [-0.1, -0.05) is 39.8 Å². The summed E-state index contributed by atoms with van der Waals surface area (Å²) < 4.78 is 2.02. The number of carboxylic acid groups (broad SMARTS) is 1. The zero-order valence-electron chi connectivity index (χ0n) is 24.9. The molecule has 4 rings (SSSR count). The first-order valence-electron chi connectivity index (χ1n) is 14.7. The number of nitrogens with zero attached hydrogens (tertiary/aromatic N) is 6. The fraction of sp³-hybridized carbons (Fsp3) is 0.531. The van der Waals surface area contributed by atoms with Crippen molar-refractivity contribution in [2.75, 3.05) is 32.7 Å². The number of benzene rings is 1. The highest BCUT2D eigenvalue weighted by Crippen LogP contribution is 2.26. The molecule has 1 fully saturated rings. The average Bonchev–Trinajstić information content (AvgIpc) is 3.61. The van der Waals surface area contributed by atoms with Gasteiger partial charge < -0.3 is 14.9 Å². The summed E-state index contributed by atoms with van der Waals surface area (Å²) >= 11 is 0. The number of hydrogen-bond donors (Lipinski definition) is 1. The molecule has 1 aliphatic heterocycles. The normalized spacial score (nSPS) is 13.3. The molecule has 3 heterocycles. The number of aromatic nitrogens is 3. The Morgan fingerprint density at radius 2 is 1.71 bits per heavy atom. The van der Waals surface area contributed by atoms with Gasteiger partial charge in [-0.15, -0.1) is 0 Å². The molecule has 0 aliphatic carbocycles. The fourth-order valence-corrected chi connectivity index (χ4v) is 5.06.